The number of hydrogen-bond acceptors (Lipinski definition) is 8. The minimum atomic E-state index is -3.42. The highest BCUT2D eigenvalue weighted by molar-refractivity contribution is 7.09. The fourth-order valence-corrected chi connectivity index (χ4v) is 7.67. The maximum absolute atomic E-state index is 14.8. The molecule has 2 aliphatic rings. The molecule has 12 heteroatoms. The van der Waals surface area contributed by atoms with Crippen molar-refractivity contribution < 1.29 is 28.5 Å². The first kappa shape index (κ1) is 34.2. The number of nitrogens with zero attached hydrogens (tertiary/aromatic N) is 3. The molecule has 4 heterocycles. The van der Waals surface area contributed by atoms with Gasteiger partial charge in [0.15, 0.2) is 0 Å². The van der Waals surface area contributed by atoms with Gasteiger partial charge in [-0.15, -0.1) is 11.3 Å². The number of unbranched alkanes of at least 4 members (excludes halogenated alkanes) is 1. The van der Waals surface area contributed by atoms with E-state index in [1.54, 1.807) is 17.5 Å². The maximum atomic E-state index is 14.8. The van der Waals surface area contributed by atoms with Crippen LogP contribution in [0.3, 0.4) is 0 Å². The Hall–Kier alpha value is -3.71. The molecule has 3 N–H and O–H groups in total. The number of H-pyrrole nitrogens is 1. The molecule has 1 spiro atoms. The number of morpholine rings is 1. The minimum Gasteiger partial charge on any atom is -0.506 e. The van der Waals surface area contributed by atoms with E-state index in [4.69, 9.17) is 4.74 Å². The number of nitrogens with one attached hydrogen (secondary N) is 1. The van der Waals surface area contributed by atoms with Crippen molar-refractivity contribution in [3.8, 4) is 5.75 Å². The zero-order valence-electron chi connectivity index (χ0n) is 27.3. The summed E-state index contributed by atoms with van der Waals surface area (Å²) in [7, 11) is 0. The van der Waals surface area contributed by atoms with Crippen LogP contribution in [0.5, 0.6) is 5.75 Å². The third kappa shape index (κ3) is 7.78. The number of hydrogen-bond donors (Lipinski definition) is 3. The Morgan fingerprint density at radius 3 is 2.60 bits per heavy atom. The van der Waals surface area contributed by atoms with E-state index in [-0.39, 0.29) is 29.5 Å². The van der Waals surface area contributed by atoms with Gasteiger partial charge in [-0.3, -0.25) is 14.5 Å². The molecule has 0 bridgehead atoms. The van der Waals surface area contributed by atoms with E-state index in [1.165, 1.54) is 33.9 Å². The first-order valence-electron chi connectivity index (χ1n) is 16.6. The largest absolute Gasteiger partial charge is 0.506 e. The van der Waals surface area contributed by atoms with Crippen LogP contribution in [-0.2, 0) is 17.7 Å². The molecule has 2 aromatic heterocycles. The first-order chi connectivity index (χ1) is 22.9. The number of carbonyl (C=O) groups is 1. The molecule has 0 unspecified atom stereocenters. The topological polar surface area (TPSA) is 119 Å². The van der Waals surface area contributed by atoms with Crippen LogP contribution in [0.1, 0.15) is 90.2 Å². The van der Waals surface area contributed by atoms with Crippen molar-refractivity contribution in [2.45, 2.75) is 82.6 Å². The van der Waals surface area contributed by atoms with Gasteiger partial charge in [-0.1, -0.05) is 50.6 Å². The first-order valence-corrected chi connectivity index (χ1v) is 17.4. The lowest BCUT2D eigenvalue weighted by Gasteiger charge is -2.49. The van der Waals surface area contributed by atoms with Crippen LogP contribution in [0, 0.1) is 0 Å². The number of alkyl halides is 2. The zero-order chi connectivity index (χ0) is 34.1. The number of phenolic OH excluding ortho intramolecular Hbond substituents is 1. The summed E-state index contributed by atoms with van der Waals surface area (Å²) in [6, 6.07) is 14.6. The molecule has 256 valence electrons. The highest BCUT2D eigenvalue weighted by Crippen LogP contribution is 2.39. The van der Waals surface area contributed by atoms with Gasteiger partial charge in [-0.05, 0) is 60.9 Å². The van der Waals surface area contributed by atoms with E-state index in [0.29, 0.717) is 55.4 Å². The monoisotopic (exact) mass is 680 g/mol. The number of likely N-dealkylation sites (tertiary alicyclic amines) is 1. The van der Waals surface area contributed by atoms with Crippen LogP contribution in [0.4, 0.5) is 8.78 Å². The number of phenols is 1. The van der Waals surface area contributed by atoms with Crippen molar-refractivity contribution >= 4 is 28.1 Å². The second kappa shape index (κ2) is 14.0. The predicted molar refractivity (Wildman–Crippen MR) is 181 cm³/mol. The number of amides is 1. The van der Waals surface area contributed by atoms with Crippen LogP contribution in [0.15, 0.2) is 58.7 Å². The van der Waals surface area contributed by atoms with Gasteiger partial charge in [0.1, 0.15) is 18.0 Å². The zero-order valence-corrected chi connectivity index (χ0v) is 28.1. The van der Waals surface area contributed by atoms with Crippen molar-refractivity contribution in [3.63, 3.8) is 0 Å². The normalized spacial score (nSPS) is 18.5. The molecule has 0 saturated carbocycles. The summed E-state index contributed by atoms with van der Waals surface area (Å²) >= 11 is 1.38. The molecule has 0 radical (unpaired) electrons. The Balaban J connectivity index is 0.999. The molecule has 6 rings (SSSR count). The molecule has 2 aromatic carbocycles. The molecule has 48 heavy (non-hydrogen) atoms. The quantitative estimate of drug-likeness (QED) is 0.167. The van der Waals surface area contributed by atoms with Crippen molar-refractivity contribution in [1.82, 2.24) is 19.8 Å². The highest BCUT2D eigenvalue weighted by atomic mass is 32.1. The SMILES string of the molecule is CC(C)c1nc(C(=O)N2CC(F)(F)OC3(CCN(Cc4cccc(CCCC[C@H](O)c5ccc(O)c6[nH]c(=O)ccc56)c4)CC3)C2)cs1. The lowest BCUT2D eigenvalue weighted by Crippen LogP contribution is -2.62. The predicted octanol–water partition coefficient (Wildman–Crippen LogP) is 6.36. The average molecular weight is 681 g/mol. The van der Waals surface area contributed by atoms with Crippen molar-refractivity contribution in [1.29, 1.82) is 0 Å². The standard InChI is InChI=1S/C36H42F2N4O5S/c1-23(2)33-39-28(20-48-33)34(46)42-21-35(47-36(37,38)22-42)14-16-41(17-15-35)19-25-8-5-7-24(18-25)6-3-4-9-29(43)26-10-12-30(44)32-27(26)11-13-31(45)40-32/h5,7-8,10-13,18,20,23,29,43-44H,3-4,6,9,14-17,19,21-22H2,1-2H3,(H,40,45)/t29-/m0/s1. The highest BCUT2D eigenvalue weighted by Gasteiger charge is 2.52. The van der Waals surface area contributed by atoms with Crippen LogP contribution >= 0.6 is 11.3 Å². The molecule has 2 fully saturated rings. The second-order valence-corrected chi connectivity index (χ2v) is 14.3. The molecular formula is C36H42F2N4O5S. The molecule has 9 nitrogen and oxygen atoms in total. The molecule has 2 saturated heterocycles. The van der Waals surface area contributed by atoms with Gasteiger partial charge in [-0.2, -0.15) is 8.78 Å². The van der Waals surface area contributed by atoms with Crippen LogP contribution in [0.25, 0.3) is 10.9 Å². The lowest BCUT2D eigenvalue weighted by atomic mass is 9.88. The van der Waals surface area contributed by atoms with Crippen molar-refractivity contribution in [2.24, 2.45) is 0 Å². The van der Waals surface area contributed by atoms with Gasteiger partial charge in [0.05, 0.1) is 28.8 Å². The third-order valence-electron chi connectivity index (χ3n) is 9.37. The number of aromatic nitrogens is 2. The molecule has 0 aliphatic carbocycles. The van der Waals surface area contributed by atoms with E-state index >= 15 is 0 Å². The van der Waals surface area contributed by atoms with Gasteiger partial charge < -0.3 is 24.8 Å². The van der Waals surface area contributed by atoms with Gasteiger partial charge in [-0.25, -0.2) is 4.98 Å². The number of aromatic amines is 1. The number of pyridine rings is 1. The van der Waals surface area contributed by atoms with Crippen LogP contribution < -0.4 is 5.56 Å². The summed E-state index contributed by atoms with van der Waals surface area (Å²) in [6.07, 6.45) is -0.300. The molecule has 2 aliphatic heterocycles. The number of aromatic hydroxyl groups is 1. The fraction of sp³-hybridized carbons (Fsp3) is 0.472. The number of aliphatic hydroxyl groups is 1. The Morgan fingerprint density at radius 1 is 1.08 bits per heavy atom. The van der Waals surface area contributed by atoms with Gasteiger partial charge in [0.25, 0.3) is 5.91 Å². The van der Waals surface area contributed by atoms with E-state index in [0.717, 1.165) is 29.8 Å². The average Bonchev–Trinajstić information content (AvgIpc) is 3.55. The Kier molecular flexibility index (Phi) is 9.98. The van der Waals surface area contributed by atoms with E-state index in [9.17, 15) is 28.6 Å². The summed E-state index contributed by atoms with van der Waals surface area (Å²) in [6.45, 7) is 5.16. The third-order valence-corrected chi connectivity index (χ3v) is 10.5. The Labute approximate surface area is 282 Å². The van der Waals surface area contributed by atoms with Gasteiger partial charge in [0.2, 0.25) is 5.56 Å². The number of ether oxygens (including phenoxy) is 1. The number of rotatable bonds is 10. The smallest absolute Gasteiger partial charge is 0.373 e. The van der Waals surface area contributed by atoms with Crippen molar-refractivity contribution in [3.05, 3.63) is 91.7 Å². The number of piperidine rings is 1. The summed E-state index contributed by atoms with van der Waals surface area (Å²) in [4.78, 5) is 35.4. The molecular weight excluding hydrogens is 638 g/mol. The number of aryl methyl sites for hydroxylation is 1. The number of fused-ring (bicyclic) bond motifs is 1. The second-order valence-electron chi connectivity index (χ2n) is 13.5. The number of aliphatic hydroxyl groups excluding tert-OH is 1. The number of benzene rings is 2. The summed E-state index contributed by atoms with van der Waals surface area (Å²) in [5.41, 5.74) is 2.14. The molecule has 4 aromatic rings. The molecule has 1 atom stereocenters. The number of carbonyl (C=O) groups excluding carboxylic acids is 1. The summed E-state index contributed by atoms with van der Waals surface area (Å²) < 4.78 is 35.1. The molecule has 1 amide bonds. The Bertz CT molecular complexity index is 1820. The fourth-order valence-electron chi connectivity index (χ4n) is 6.86. The lowest BCUT2D eigenvalue weighted by molar-refractivity contribution is -0.332. The van der Waals surface area contributed by atoms with E-state index in [2.05, 4.69) is 33.1 Å². The van der Waals surface area contributed by atoms with Crippen molar-refractivity contribution in [2.75, 3.05) is 26.2 Å². The Morgan fingerprint density at radius 2 is 1.85 bits per heavy atom. The van der Waals surface area contributed by atoms with E-state index in [1.807, 2.05) is 19.9 Å². The summed E-state index contributed by atoms with van der Waals surface area (Å²) in [5.74, 6) is -0.342. The summed E-state index contributed by atoms with van der Waals surface area (Å²) in [5, 5.41) is 24.1. The number of thiazole rings is 1. The minimum absolute atomic E-state index is 0.0303. The van der Waals surface area contributed by atoms with Crippen LogP contribution in [-0.4, -0.2) is 73.8 Å². The van der Waals surface area contributed by atoms with Gasteiger partial charge >= 0.3 is 6.11 Å². The maximum Gasteiger partial charge on any atom is 0.373 e. The van der Waals surface area contributed by atoms with Gasteiger partial charge in [0, 0.05) is 42.4 Å². The number of halogens is 2. The van der Waals surface area contributed by atoms with Crippen LogP contribution in [0.2, 0.25) is 0 Å². The van der Waals surface area contributed by atoms with E-state index < -0.39 is 30.3 Å².